The molecule has 0 radical (unpaired) electrons. The largest absolute Gasteiger partial charge is 0.491 e. The molecule has 0 saturated heterocycles. The Kier molecular flexibility index (Phi) is 13.5. The molecule has 4 atom stereocenters. The summed E-state index contributed by atoms with van der Waals surface area (Å²) in [5, 5.41) is 16.6. The lowest BCUT2D eigenvalue weighted by Gasteiger charge is -2.27. The molecule has 12 nitrogen and oxygen atoms in total. The molecule has 270 valence electrons. The molecule has 12 heteroatoms. The normalized spacial score (nSPS) is 20.9. The van der Waals surface area contributed by atoms with Crippen LogP contribution < -0.4 is 26.0 Å². The molecule has 2 aliphatic rings. The molecule has 0 unspecified atom stereocenters. The molecule has 4 amide bonds. The van der Waals surface area contributed by atoms with Crippen molar-refractivity contribution in [2.45, 2.75) is 105 Å². The van der Waals surface area contributed by atoms with Crippen LogP contribution in [0.15, 0.2) is 54.6 Å². The second kappa shape index (κ2) is 17.8. The van der Waals surface area contributed by atoms with Crippen molar-refractivity contribution in [1.82, 2.24) is 36.0 Å². The van der Waals surface area contributed by atoms with Gasteiger partial charge in [0.05, 0.1) is 12.1 Å². The van der Waals surface area contributed by atoms with Crippen molar-refractivity contribution in [3.05, 3.63) is 77.4 Å². The predicted octanol–water partition coefficient (Wildman–Crippen LogP) is 3.82. The molecule has 5 rings (SSSR count). The zero-order valence-electron chi connectivity index (χ0n) is 30.4. The first-order chi connectivity index (χ1) is 23.8. The molecule has 2 aromatic carbocycles. The van der Waals surface area contributed by atoms with Crippen molar-refractivity contribution in [1.29, 1.82) is 0 Å². The van der Waals surface area contributed by atoms with Gasteiger partial charge in [-0.05, 0) is 54.4 Å². The van der Waals surface area contributed by atoms with Gasteiger partial charge in [0, 0.05) is 19.3 Å². The lowest BCUT2D eigenvalue weighted by atomic mass is 9.99. The summed E-state index contributed by atoms with van der Waals surface area (Å²) < 4.78 is 7.65. The number of hydrogen-bond acceptors (Lipinski definition) is 7. The third kappa shape index (κ3) is 11.4. The highest BCUT2D eigenvalue weighted by Crippen LogP contribution is 2.22. The number of aryl methyl sites for hydroxylation is 1. The van der Waals surface area contributed by atoms with Gasteiger partial charge in [-0.15, -0.1) is 0 Å². The fraction of sp³-hybridized carbons (Fsp3) is 0.526. The number of carbonyl (C=O) groups is 4. The Morgan fingerprint density at radius 2 is 1.62 bits per heavy atom. The number of carbonyl (C=O) groups excluding carboxylic acids is 4. The number of benzene rings is 2. The second-order valence-corrected chi connectivity index (χ2v) is 14.4. The Hall–Kier alpha value is -4.74. The van der Waals surface area contributed by atoms with Crippen LogP contribution in [0, 0.1) is 24.7 Å². The highest BCUT2D eigenvalue weighted by molar-refractivity contribution is 5.92. The van der Waals surface area contributed by atoms with E-state index in [0.717, 1.165) is 11.1 Å². The maximum Gasteiger partial charge on any atom is 0.243 e. The summed E-state index contributed by atoms with van der Waals surface area (Å²) in [5.41, 5.74) is 1.66. The fourth-order valence-electron chi connectivity index (χ4n) is 6.07. The SMILES string of the molecule is Cc1nc2n(n1)CC(=O)N[C@@H](CC(C)C)COc1ccc(cc1)C[C@H](NC(=O)CC(C)C)C(=O)N[C@@H](Cc1ccccc1)C(=O)N[C@H]2C(C)C. The quantitative estimate of drug-likeness (QED) is 0.281. The Bertz CT molecular complexity index is 1590. The van der Waals surface area contributed by atoms with E-state index in [1.165, 1.54) is 4.68 Å². The van der Waals surface area contributed by atoms with E-state index in [1.54, 1.807) is 6.92 Å². The summed E-state index contributed by atoms with van der Waals surface area (Å²) in [4.78, 5) is 59.3. The maximum atomic E-state index is 14.2. The van der Waals surface area contributed by atoms with Crippen LogP contribution in [0.25, 0.3) is 0 Å². The minimum Gasteiger partial charge on any atom is -0.491 e. The van der Waals surface area contributed by atoms with E-state index in [1.807, 2.05) is 82.3 Å². The van der Waals surface area contributed by atoms with Crippen molar-refractivity contribution >= 4 is 23.6 Å². The van der Waals surface area contributed by atoms with Crippen molar-refractivity contribution in [2.75, 3.05) is 6.61 Å². The summed E-state index contributed by atoms with van der Waals surface area (Å²) in [6.45, 7) is 13.9. The van der Waals surface area contributed by atoms with Gasteiger partial charge in [0.15, 0.2) is 5.82 Å². The Balaban J connectivity index is 1.75. The highest BCUT2D eigenvalue weighted by atomic mass is 16.5. The van der Waals surface area contributed by atoms with Gasteiger partial charge in [0.1, 0.15) is 36.8 Å². The standard InChI is InChI=1S/C38H53N7O5/c1-23(2)17-29-22-50-30-15-13-28(14-16-30)20-31(41-33(46)18-24(3)4)37(48)42-32(19-27-11-9-8-10-12-27)38(49)43-35(25(5)6)36-39-26(7)44-45(36)21-34(47)40-29/h8-16,23-25,29,31-32,35H,17-22H2,1-7H3,(H,40,47)(H,41,46)(H,42,48)(H,43,49)/t29-,31-,32-,35-/m0/s1. The first-order valence-corrected chi connectivity index (χ1v) is 17.6. The van der Waals surface area contributed by atoms with Crippen LogP contribution in [0.4, 0.5) is 0 Å². The van der Waals surface area contributed by atoms with Crippen LogP contribution >= 0.6 is 0 Å². The average molecular weight is 688 g/mol. The van der Waals surface area contributed by atoms with Gasteiger partial charge in [-0.2, -0.15) is 5.10 Å². The summed E-state index contributed by atoms with van der Waals surface area (Å²) in [6, 6.07) is 14.0. The van der Waals surface area contributed by atoms with Gasteiger partial charge >= 0.3 is 0 Å². The third-order valence-electron chi connectivity index (χ3n) is 8.44. The second-order valence-electron chi connectivity index (χ2n) is 14.4. The van der Waals surface area contributed by atoms with E-state index in [9.17, 15) is 19.2 Å². The zero-order chi connectivity index (χ0) is 36.4. The first kappa shape index (κ1) is 38.1. The van der Waals surface area contributed by atoms with Crippen LogP contribution in [0.5, 0.6) is 5.75 Å². The molecule has 2 bridgehead atoms. The van der Waals surface area contributed by atoms with Crippen LogP contribution in [-0.2, 0) is 38.6 Å². The predicted molar refractivity (Wildman–Crippen MR) is 191 cm³/mol. The molecule has 0 saturated carbocycles. The topological polar surface area (TPSA) is 156 Å². The Morgan fingerprint density at radius 3 is 2.26 bits per heavy atom. The molecule has 4 N–H and O–H groups in total. The molecule has 50 heavy (non-hydrogen) atoms. The smallest absolute Gasteiger partial charge is 0.243 e. The van der Waals surface area contributed by atoms with Crippen molar-refractivity contribution in [3.8, 4) is 5.75 Å². The van der Waals surface area contributed by atoms with Crippen molar-refractivity contribution in [3.63, 3.8) is 0 Å². The minimum atomic E-state index is -0.977. The van der Waals surface area contributed by atoms with E-state index in [-0.39, 0.29) is 62.1 Å². The van der Waals surface area contributed by atoms with E-state index in [2.05, 4.69) is 45.2 Å². The van der Waals surface area contributed by atoms with Gasteiger partial charge in [0.2, 0.25) is 23.6 Å². The first-order valence-electron chi connectivity index (χ1n) is 17.6. The molecular formula is C38H53N7O5. The van der Waals surface area contributed by atoms with E-state index in [4.69, 9.17) is 4.74 Å². The number of fused-ring (bicyclic) bond motifs is 14. The van der Waals surface area contributed by atoms with E-state index in [0.29, 0.717) is 29.7 Å². The molecule has 0 fully saturated rings. The van der Waals surface area contributed by atoms with Crippen LogP contribution in [0.1, 0.15) is 83.2 Å². The van der Waals surface area contributed by atoms with Crippen molar-refractivity contribution < 1.29 is 23.9 Å². The molecule has 2 aliphatic heterocycles. The summed E-state index contributed by atoms with van der Waals surface area (Å²) in [5.74, 6) is 0.406. The molecule has 1 aromatic heterocycles. The number of nitrogens with one attached hydrogen (secondary N) is 4. The van der Waals surface area contributed by atoms with Gasteiger partial charge in [-0.25, -0.2) is 9.67 Å². The van der Waals surface area contributed by atoms with Crippen LogP contribution in [0.3, 0.4) is 0 Å². The molecule has 0 spiro atoms. The van der Waals surface area contributed by atoms with Crippen LogP contribution in [0.2, 0.25) is 0 Å². The van der Waals surface area contributed by atoms with Crippen molar-refractivity contribution in [2.24, 2.45) is 17.8 Å². The third-order valence-corrected chi connectivity index (χ3v) is 8.44. The van der Waals surface area contributed by atoms with Crippen LogP contribution in [-0.4, -0.2) is 63.1 Å². The molecular weight excluding hydrogens is 634 g/mol. The monoisotopic (exact) mass is 687 g/mol. The fourth-order valence-corrected chi connectivity index (χ4v) is 6.07. The lowest BCUT2D eigenvalue weighted by Crippen LogP contribution is -2.55. The molecule has 3 heterocycles. The van der Waals surface area contributed by atoms with Gasteiger partial charge in [-0.1, -0.05) is 84.0 Å². The number of ether oxygens (including phenoxy) is 1. The average Bonchev–Trinajstić information content (AvgIpc) is 3.40. The highest BCUT2D eigenvalue weighted by Gasteiger charge is 2.32. The Morgan fingerprint density at radius 1 is 0.920 bits per heavy atom. The molecule has 0 aliphatic carbocycles. The van der Waals surface area contributed by atoms with E-state index < -0.39 is 29.9 Å². The number of nitrogens with zero attached hydrogens (tertiary/aromatic N) is 3. The summed E-state index contributed by atoms with van der Waals surface area (Å²) in [7, 11) is 0. The number of amides is 4. The van der Waals surface area contributed by atoms with Gasteiger partial charge < -0.3 is 26.0 Å². The van der Waals surface area contributed by atoms with Gasteiger partial charge in [-0.3, -0.25) is 19.2 Å². The zero-order valence-corrected chi connectivity index (χ0v) is 30.4. The Labute approximate surface area is 295 Å². The number of hydrogen-bond donors (Lipinski definition) is 4. The van der Waals surface area contributed by atoms with Gasteiger partial charge in [0.25, 0.3) is 0 Å². The minimum absolute atomic E-state index is 0.0967. The van der Waals surface area contributed by atoms with E-state index >= 15 is 0 Å². The lowest BCUT2D eigenvalue weighted by molar-refractivity contribution is -0.132. The summed E-state index contributed by atoms with van der Waals surface area (Å²) in [6.07, 6.45) is 1.38. The number of aromatic nitrogens is 3. The summed E-state index contributed by atoms with van der Waals surface area (Å²) >= 11 is 0. The number of rotatable bonds is 8. The maximum absolute atomic E-state index is 14.2. The molecule has 3 aromatic rings.